The maximum atomic E-state index is 6.73. The van der Waals surface area contributed by atoms with Gasteiger partial charge in [0.25, 0.3) is 0 Å². The summed E-state index contributed by atoms with van der Waals surface area (Å²) >= 11 is 0. The van der Waals surface area contributed by atoms with E-state index in [1.165, 1.54) is 66.3 Å². The van der Waals surface area contributed by atoms with E-state index in [0.29, 0.717) is 0 Å². The summed E-state index contributed by atoms with van der Waals surface area (Å²) in [5.74, 6) is 0. The summed E-state index contributed by atoms with van der Waals surface area (Å²) in [6, 6.07) is 93.3. The normalized spacial score (nSPS) is 13.0. The van der Waals surface area contributed by atoms with Gasteiger partial charge >= 0.3 is 0 Å². The first-order valence-corrected chi connectivity index (χ1v) is 24.2. The Kier molecular flexibility index (Phi) is 8.28. The van der Waals surface area contributed by atoms with Crippen LogP contribution in [-0.2, 0) is 5.41 Å². The molecule has 2 aliphatic rings. The fourth-order valence-electron chi connectivity index (χ4n) is 12.4. The predicted molar refractivity (Wildman–Crippen MR) is 290 cm³/mol. The second kappa shape index (κ2) is 14.9. The third-order valence-corrected chi connectivity index (χ3v) is 15.2. The molecule has 3 heteroatoms. The second-order valence-corrected chi connectivity index (χ2v) is 18.7. The third-order valence-electron chi connectivity index (χ3n) is 15.2. The topological polar surface area (TPSA) is 21.3 Å². The summed E-state index contributed by atoms with van der Waals surface area (Å²) in [5.41, 5.74) is 23.2. The van der Waals surface area contributed by atoms with Gasteiger partial charge in [-0.1, -0.05) is 194 Å². The minimum atomic E-state index is -0.431. The molecule has 0 N–H and O–H groups in total. The van der Waals surface area contributed by atoms with E-state index in [4.69, 9.17) is 4.42 Å². The largest absolute Gasteiger partial charge is 0.454 e. The van der Waals surface area contributed by atoms with Crippen molar-refractivity contribution in [2.45, 2.75) is 5.41 Å². The number of rotatable bonds is 6. The molecule has 13 aromatic rings. The lowest BCUT2D eigenvalue weighted by molar-refractivity contribution is 0.669. The van der Waals surface area contributed by atoms with Crippen molar-refractivity contribution in [2.24, 2.45) is 0 Å². The lowest BCUT2D eigenvalue weighted by atomic mass is 9.70. The van der Waals surface area contributed by atoms with Gasteiger partial charge in [-0.25, -0.2) is 0 Å². The van der Waals surface area contributed by atoms with Crippen LogP contribution in [0, 0.1) is 0 Å². The van der Waals surface area contributed by atoms with Crippen LogP contribution in [0.3, 0.4) is 0 Å². The van der Waals surface area contributed by atoms with Gasteiger partial charge in [-0.2, -0.15) is 0 Å². The highest BCUT2D eigenvalue weighted by atomic mass is 16.3. The fraction of sp³-hybridized carbons (Fsp3) is 0.0149. The Labute approximate surface area is 405 Å². The van der Waals surface area contributed by atoms with Gasteiger partial charge in [0, 0.05) is 38.5 Å². The number of hydrogen-bond donors (Lipinski definition) is 0. The zero-order chi connectivity index (χ0) is 45.9. The summed E-state index contributed by atoms with van der Waals surface area (Å²) in [6.45, 7) is 0. The van der Waals surface area contributed by atoms with Crippen molar-refractivity contribution in [1.29, 1.82) is 0 Å². The van der Waals surface area contributed by atoms with E-state index in [0.717, 1.165) is 66.9 Å². The van der Waals surface area contributed by atoms with E-state index in [9.17, 15) is 0 Å². The molecule has 0 saturated carbocycles. The molecule has 326 valence electrons. The van der Waals surface area contributed by atoms with Gasteiger partial charge in [0.15, 0.2) is 5.58 Å². The molecule has 0 amide bonds. The molecule has 0 atom stereocenters. The van der Waals surface area contributed by atoms with Gasteiger partial charge < -0.3 is 13.9 Å². The van der Waals surface area contributed by atoms with Crippen LogP contribution >= 0.6 is 0 Å². The fourth-order valence-corrected chi connectivity index (χ4v) is 12.4. The Morgan fingerprint density at radius 1 is 0.357 bits per heavy atom. The predicted octanol–water partition coefficient (Wildman–Crippen LogP) is 17.8. The third kappa shape index (κ3) is 5.34. The van der Waals surface area contributed by atoms with Gasteiger partial charge in [0.05, 0.1) is 27.8 Å². The van der Waals surface area contributed by atoms with E-state index >= 15 is 0 Å². The summed E-state index contributed by atoms with van der Waals surface area (Å²) in [6.07, 6.45) is 0. The molecule has 15 rings (SSSR count). The monoisotopic (exact) mass is 890 g/mol. The Hall–Kier alpha value is -9.18. The molecule has 2 aliphatic carbocycles. The maximum absolute atomic E-state index is 6.73. The second-order valence-electron chi connectivity index (χ2n) is 18.7. The number of hydrogen-bond acceptors (Lipinski definition) is 2. The molecule has 0 bridgehead atoms. The SMILES string of the molecule is c1ccc(-c2ccccc2N(c2ccc(-c3ccc4c(c3)c3c5c(ccc3n4-c3ccccc3)C3(c4ccccc4-c4ccccc43)c3ccccc3-5)cc2)c2cccc3c2oc2ccccc23)cc1. The van der Waals surface area contributed by atoms with Crippen molar-refractivity contribution < 1.29 is 4.42 Å². The zero-order valence-electron chi connectivity index (χ0n) is 38.1. The quantitative estimate of drug-likeness (QED) is 0.166. The van der Waals surface area contributed by atoms with Crippen molar-refractivity contribution in [3.05, 3.63) is 277 Å². The summed E-state index contributed by atoms with van der Waals surface area (Å²) in [5, 5.41) is 4.72. The van der Waals surface area contributed by atoms with Gasteiger partial charge in [-0.15, -0.1) is 0 Å². The summed E-state index contributed by atoms with van der Waals surface area (Å²) in [4.78, 5) is 2.36. The van der Waals surface area contributed by atoms with Crippen LogP contribution in [0.25, 0.3) is 93.9 Å². The minimum Gasteiger partial charge on any atom is -0.454 e. The molecule has 1 spiro atoms. The number of benzene rings is 11. The molecule has 0 saturated heterocycles. The van der Waals surface area contributed by atoms with Gasteiger partial charge in [-0.05, 0) is 122 Å². The van der Waals surface area contributed by atoms with E-state index in [-0.39, 0.29) is 0 Å². The number of anilines is 3. The number of nitrogens with zero attached hydrogens (tertiary/aromatic N) is 2. The van der Waals surface area contributed by atoms with Crippen molar-refractivity contribution in [3.8, 4) is 50.2 Å². The van der Waals surface area contributed by atoms with Crippen molar-refractivity contribution in [1.82, 2.24) is 4.57 Å². The van der Waals surface area contributed by atoms with Crippen LogP contribution in [0.1, 0.15) is 22.3 Å². The molecule has 2 aromatic heterocycles. The van der Waals surface area contributed by atoms with Crippen molar-refractivity contribution >= 4 is 60.8 Å². The lowest BCUT2D eigenvalue weighted by Crippen LogP contribution is -2.25. The highest BCUT2D eigenvalue weighted by Gasteiger charge is 2.52. The van der Waals surface area contributed by atoms with Crippen molar-refractivity contribution in [3.63, 3.8) is 0 Å². The van der Waals surface area contributed by atoms with Gasteiger partial charge in [0.1, 0.15) is 5.58 Å². The highest BCUT2D eigenvalue weighted by Crippen LogP contribution is 2.64. The lowest BCUT2D eigenvalue weighted by Gasteiger charge is -2.30. The first kappa shape index (κ1) is 38.9. The minimum absolute atomic E-state index is 0.431. The highest BCUT2D eigenvalue weighted by molar-refractivity contribution is 6.20. The Balaban J connectivity index is 0.946. The molecule has 0 aliphatic heterocycles. The molecule has 0 radical (unpaired) electrons. The van der Waals surface area contributed by atoms with Crippen LogP contribution in [-0.4, -0.2) is 4.57 Å². The molecule has 11 aromatic carbocycles. The molecular weight excluding hydrogens is 849 g/mol. The first-order valence-electron chi connectivity index (χ1n) is 24.2. The molecule has 0 fully saturated rings. The molecule has 0 unspecified atom stereocenters. The van der Waals surface area contributed by atoms with E-state index in [2.05, 4.69) is 258 Å². The first-order chi connectivity index (χ1) is 34.8. The Bertz CT molecular complexity index is 4190. The number of aromatic nitrogens is 1. The number of fused-ring (bicyclic) bond motifs is 17. The van der Waals surface area contributed by atoms with E-state index in [1.54, 1.807) is 0 Å². The summed E-state index contributed by atoms with van der Waals surface area (Å²) in [7, 11) is 0. The maximum Gasteiger partial charge on any atom is 0.159 e. The smallest absolute Gasteiger partial charge is 0.159 e. The summed E-state index contributed by atoms with van der Waals surface area (Å²) < 4.78 is 9.19. The number of para-hydroxylation sites is 4. The number of furan rings is 1. The van der Waals surface area contributed by atoms with E-state index < -0.39 is 5.41 Å². The van der Waals surface area contributed by atoms with Crippen LogP contribution in [0.4, 0.5) is 17.1 Å². The van der Waals surface area contributed by atoms with Gasteiger partial charge in [-0.3, -0.25) is 0 Å². The molecule has 70 heavy (non-hydrogen) atoms. The van der Waals surface area contributed by atoms with E-state index in [1.807, 2.05) is 6.07 Å². The molecule has 2 heterocycles. The Morgan fingerprint density at radius 2 is 0.929 bits per heavy atom. The van der Waals surface area contributed by atoms with Crippen LogP contribution < -0.4 is 4.90 Å². The molecule has 3 nitrogen and oxygen atoms in total. The van der Waals surface area contributed by atoms with Crippen LogP contribution in [0.2, 0.25) is 0 Å². The average Bonchev–Trinajstić information content (AvgIpc) is 4.16. The molecular formula is C67H42N2O. The Morgan fingerprint density at radius 3 is 1.69 bits per heavy atom. The standard InChI is InChI=1S/C67H42N2O/c1-3-18-44(19-4-1)48-22-10-15-31-59(48)69(62-32-17-27-52-51-25-11-16-33-63(51)70-66(52)62)47-37-34-43(35-38-47)45-36-40-60-54(42-45)65-61(68(60)46-20-5-2-6-21-46)41-39-58-64(65)53-26-9-14-30-57(53)67(58)55-28-12-7-23-49(55)50-24-8-13-29-56(50)67/h1-42H. The van der Waals surface area contributed by atoms with Gasteiger partial charge in [0.2, 0.25) is 0 Å². The average molecular weight is 891 g/mol. The van der Waals surface area contributed by atoms with Crippen molar-refractivity contribution in [2.75, 3.05) is 4.90 Å². The van der Waals surface area contributed by atoms with Crippen LogP contribution in [0.15, 0.2) is 259 Å². The zero-order valence-corrected chi connectivity index (χ0v) is 38.1. The van der Waals surface area contributed by atoms with Crippen LogP contribution in [0.5, 0.6) is 0 Å².